The molecule has 0 spiro atoms. The Morgan fingerprint density at radius 3 is 1.21 bits per heavy atom. The normalized spacial score (nSPS) is 20.0. The van der Waals surface area contributed by atoms with Gasteiger partial charge in [-0.25, -0.2) is 0 Å². The Hall–Kier alpha value is -6.74. The number of aliphatic hydroxyl groups is 2. The summed E-state index contributed by atoms with van der Waals surface area (Å²) >= 11 is 0. The third-order valence-corrected chi connectivity index (χ3v) is 14.1. The fraction of sp³-hybridized carbons (Fsp3) is 0.536. The third kappa shape index (κ3) is 16.1. The van der Waals surface area contributed by atoms with Crippen LogP contribution in [0.4, 0.5) is 0 Å². The maximum absolute atomic E-state index is 14.6. The topological polar surface area (TPSA) is 280 Å². The fourth-order valence-corrected chi connectivity index (χ4v) is 9.34. The summed E-state index contributed by atoms with van der Waals surface area (Å²) in [5, 5.41) is 43.8. The molecule has 2 fully saturated rings. The van der Waals surface area contributed by atoms with Crippen molar-refractivity contribution in [1.82, 2.24) is 52.3 Å². The highest BCUT2D eigenvalue weighted by Crippen LogP contribution is 2.29. The van der Waals surface area contributed by atoms with E-state index in [1.54, 1.807) is 69.5 Å². The van der Waals surface area contributed by atoms with Crippen molar-refractivity contribution in [3.8, 4) is 0 Å². The van der Waals surface area contributed by atoms with Gasteiger partial charge < -0.3 is 62.5 Å². The highest BCUT2D eigenvalue weighted by atomic mass is 16.3. The van der Waals surface area contributed by atoms with Crippen LogP contribution in [-0.4, -0.2) is 168 Å². The van der Waals surface area contributed by atoms with Gasteiger partial charge in [-0.15, -0.1) is 0 Å². The molecule has 2 aliphatic heterocycles. The summed E-state index contributed by atoms with van der Waals surface area (Å²) in [4.78, 5) is 115. The van der Waals surface area contributed by atoms with Crippen LogP contribution >= 0.6 is 0 Å². The van der Waals surface area contributed by atoms with Crippen molar-refractivity contribution in [2.24, 2.45) is 10.8 Å². The van der Waals surface area contributed by atoms with Crippen LogP contribution in [0, 0.1) is 10.8 Å². The van der Waals surface area contributed by atoms with Crippen molar-refractivity contribution in [2.45, 2.75) is 141 Å². The molecule has 20 heteroatoms. The molecule has 10 N–H and O–H groups in total. The van der Waals surface area contributed by atoms with Crippen molar-refractivity contribution in [1.29, 1.82) is 0 Å². The van der Waals surface area contributed by atoms with E-state index in [9.17, 15) is 48.6 Å². The summed E-state index contributed by atoms with van der Waals surface area (Å²) in [5.41, 5.74) is 0.344. The predicted molar refractivity (Wildman–Crippen MR) is 287 cm³/mol. The van der Waals surface area contributed by atoms with Gasteiger partial charge >= 0.3 is 0 Å². The first-order chi connectivity index (χ1) is 35.9. The lowest BCUT2D eigenvalue weighted by Crippen LogP contribution is -2.60. The second-order valence-electron chi connectivity index (χ2n) is 22.2. The van der Waals surface area contributed by atoms with Gasteiger partial charge in [0.25, 0.3) is 11.8 Å². The molecule has 5 rings (SSSR count). The van der Waals surface area contributed by atoms with Crippen molar-refractivity contribution in [2.75, 3.05) is 40.4 Å². The summed E-state index contributed by atoms with van der Waals surface area (Å²) < 4.78 is 0. The molecule has 10 unspecified atom stereocenters. The van der Waals surface area contributed by atoms with Gasteiger partial charge in [-0.3, -0.25) is 38.4 Å². The van der Waals surface area contributed by atoms with Crippen molar-refractivity contribution < 1.29 is 48.6 Å². The maximum Gasteiger partial charge on any atom is 0.251 e. The largest absolute Gasteiger partial charge is 0.394 e. The Labute approximate surface area is 446 Å². The van der Waals surface area contributed by atoms with Crippen LogP contribution in [-0.2, 0) is 41.6 Å². The Kier molecular flexibility index (Phi) is 21.2. The average molecular weight is 1050 g/mol. The molecule has 10 atom stereocenters. The second-order valence-corrected chi connectivity index (χ2v) is 22.2. The highest BCUT2D eigenvalue weighted by Gasteiger charge is 2.48. The van der Waals surface area contributed by atoms with E-state index in [4.69, 9.17) is 0 Å². The Bertz CT molecular complexity index is 2330. The van der Waals surface area contributed by atoms with E-state index in [1.807, 2.05) is 60.7 Å². The van der Waals surface area contributed by atoms with Gasteiger partial charge in [0.15, 0.2) is 0 Å². The zero-order valence-electron chi connectivity index (χ0n) is 45.6. The van der Waals surface area contributed by atoms with E-state index < -0.39 is 119 Å². The van der Waals surface area contributed by atoms with Gasteiger partial charge in [0.2, 0.25) is 35.4 Å². The zero-order valence-corrected chi connectivity index (χ0v) is 45.6. The number of hydrogen-bond donors (Lipinski definition) is 10. The van der Waals surface area contributed by atoms with Crippen LogP contribution in [0.1, 0.15) is 100 Å². The lowest BCUT2D eigenvalue weighted by molar-refractivity contribution is -0.144. The van der Waals surface area contributed by atoms with Gasteiger partial charge in [0.05, 0.1) is 37.4 Å². The molecule has 414 valence electrons. The van der Waals surface area contributed by atoms with Crippen LogP contribution in [0.15, 0.2) is 84.9 Å². The van der Waals surface area contributed by atoms with E-state index in [0.717, 1.165) is 11.1 Å². The predicted octanol–water partition coefficient (Wildman–Crippen LogP) is 0.802. The van der Waals surface area contributed by atoms with Crippen molar-refractivity contribution in [3.05, 3.63) is 107 Å². The molecular weight excluding hydrogens is 973 g/mol. The lowest BCUT2D eigenvalue weighted by atomic mass is 9.85. The molecule has 0 aliphatic carbocycles. The second kappa shape index (κ2) is 26.8. The first-order valence-corrected chi connectivity index (χ1v) is 26.1. The molecule has 3 aromatic carbocycles. The Morgan fingerprint density at radius 2 is 0.895 bits per heavy atom. The first kappa shape index (κ1) is 60.1. The van der Waals surface area contributed by atoms with Crippen molar-refractivity contribution >= 4 is 47.3 Å². The Balaban J connectivity index is 1.36. The quantitative estimate of drug-likeness (QED) is 0.0670. The minimum absolute atomic E-state index is 0.00404. The molecule has 2 aliphatic rings. The molecule has 3 aromatic rings. The monoisotopic (exact) mass is 1050 g/mol. The number of aliphatic hydroxyl groups excluding tert-OH is 2. The molecule has 0 radical (unpaired) electrons. The molecular formula is C56H80N10O10. The number of hydrogen-bond acceptors (Lipinski definition) is 12. The van der Waals surface area contributed by atoms with Crippen LogP contribution in [0.2, 0.25) is 0 Å². The van der Waals surface area contributed by atoms with Gasteiger partial charge in [0.1, 0.15) is 24.2 Å². The summed E-state index contributed by atoms with van der Waals surface area (Å²) in [6.07, 6.45) is 0.626. The molecule has 20 nitrogen and oxygen atoms in total. The molecule has 2 saturated heterocycles. The number of amides is 8. The smallest absolute Gasteiger partial charge is 0.251 e. The van der Waals surface area contributed by atoms with E-state index in [2.05, 4.69) is 42.5 Å². The maximum atomic E-state index is 14.6. The number of benzene rings is 3. The van der Waals surface area contributed by atoms with Gasteiger partial charge in [0, 0.05) is 36.3 Å². The summed E-state index contributed by atoms with van der Waals surface area (Å²) in [6.45, 7) is 13.1. The lowest BCUT2D eigenvalue weighted by Gasteiger charge is -2.36. The van der Waals surface area contributed by atoms with Gasteiger partial charge in [-0.1, -0.05) is 108 Å². The van der Waals surface area contributed by atoms with Crippen LogP contribution in [0.3, 0.4) is 0 Å². The number of nitrogens with one attached hydrogen (secondary N) is 8. The van der Waals surface area contributed by atoms with Crippen LogP contribution in [0.5, 0.6) is 0 Å². The molecule has 0 bridgehead atoms. The molecule has 2 heterocycles. The van der Waals surface area contributed by atoms with E-state index in [-0.39, 0.29) is 50.3 Å². The molecule has 0 aromatic heterocycles. The molecule has 76 heavy (non-hydrogen) atoms. The average Bonchev–Trinajstić information content (AvgIpc) is 4.03. The minimum Gasteiger partial charge on any atom is -0.394 e. The van der Waals surface area contributed by atoms with Crippen LogP contribution in [0.25, 0.3) is 0 Å². The summed E-state index contributed by atoms with van der Waals surface area (Å²) in [6, 6.07) is 16.1. The van der Waals surface area contributed by atoms with Crippen molar-refractivity contribution in [3.63, 3.8) is 0 Å². The number of likely N-dealkylation sites (tertiary alicyclic amines) is 2. The number of rotatable bonds is 22. The summed E-state index contributed by atoms with van der Waals surface area (Å²) in [5.74, 6) is -4.18. The number of carbonyl (C=O) groups is 8. The van der Waals surface area contributed by atoms with Crippen LogP contribution < -0.4 is 42.5 Å². The summed E-state index contributed by atoms with van der Waals surface area (Å²) in [7, 11) is 3.24. The zero-order chi connectivity index (χ0) is 56.1. The van der Waals surface area contributed by atoms with E-state index in [0.29, 0.717) is 12.8 Å². The fourth-order valence-electron chi connectivity index (χ4n) is 9.34. The molecule has 0 saturated carbocycles. The van der Waals surface area contributed by atoms with Gasteiger partial charge in [-0.2, -0.15) is 0 Å². The SMILES string of the molecule is CNC(C)C(=O)NC(C(=O)N1CC(NC(=O)c2cccc(C(=O)NC3CC(C(=O)NC(CO)Cc4ccccc4)N(C(=O)C(NC(=O)C(C)NC)C(C)(C)C)C3)c2)CC1C(=O)NC(CO)Cc1ccccc1)C(C)(C)C. The number of nitrogens with zero attached hydrogens (tertiary/aromatic N) is 2. The number of likely N-dealkylation sites (N-methyl/N-ethyl adjacent to an activating group) is 2. The number of carbonyl (C=O) groups excluding carboxylic acids is 8. The molecule has 8 amide bonds. The van der Waals surface area contributed by atoms with E-state index in [1.165, 1.54) is 34.1 Å². The van der Waals surface area contributed by atoms with E-state index >= 15 is 0 Å². The Morgan fingerprint density at radius 1 is 0.539 bits per heavy atom. The minimum atomic E-state index is -1.10. The standard InChI is InChI=1S/C56H80N10O10/c1-33(57-9)47(69)63-45(55(3,4)5)53(75)65-29-39(27-43(65)51(73)61-41(31-67)24-35-18-13-11-14-19-35)59-49(71)37-22-17-23-38(26-37)50(72)60-40-28-44(52(74)62-42(32-68)25-36-20-15-12-16-21-36)66(30-40)54(76)46(56(6,7)8)64-48(70)34(2)58-10/h11-23,26,33-34,39-46,57-58,67-68H,24-25,27-32H2,1-10H3,(H,59,71)(H,60,72)(H,61,73)(H,62,74)(H,63,69)(H,64,70). The first-order valence-electron chi connectivity index (χ1n) is 26.1. The van der Waals surface area contributed by atoms with Gasteiger partial charge in [-0.05, 0) is 93.8 Å². The highest BCUT2D eigenvalue weighted by molar-refractivity contribution is 6.01. The third-order valence-electron chi connectivity index (χ3n) is 14.1.